The van der Waals surface area contributed by atoms with E-state index >= 15 is 0 Å². The lowest BCUT2D eigenvalue weighted by Gasteiger charge is -2.27. The van der Waals surface area contributed by atoms with Gasteiger partial charge in [0, 0.05) is 19.0 Å². The van der Waals surface area contributed by atoms with E-state index in [2.05, 4.69) is 41.7 Å². The Bertz CT molecular complexity index is 626. The molecule has 1 unspecified atom stereocenters. The van der Waals surface area contributed by atoms with Crippen LogP contribution in [0.4, 0.5) is 0 Å². The Hall–Kier alpha value is -2.29. The van der Waals surface area contributed by atoms with Gasteiger partial charge in [-0.1, -0.05) is 30.4 Å². The lowest BCUT2D eigenvalue weighted by Crippen LogP contribution is -2.23. The Morgan fingerprint density at radius 2 is 2.30 bits per heavy atom. The molecule has 0 spiro atoms. The van der Waals surface area contributed by atoms with Gasteiger partial charge in [-0.05, 0) is 35.3 Å². The van der Waals surface area contributed by atoms with Gasteiger partial charge in [0.1, 0.15) is 6.10 Å². The van der Waals surface area contributed by atoms with Crippen molar-refractivity contribution in [2.24, 2.45) is 0 Å². The summed E-state index contributed by atoms with van der Waals surface area (Å²) >= 11 is 0. The minimum Gasteiger partial charge on any atom is -0.489 e. The standard InChI is InChI=1S/C17H17NO2/c1-12(19)18-10-9-14-5-2-4-13-7-8-16-15(17(13)14)6-3-11-20-16/h2-8,11,16H,9-10H2,1H3,(H,18,19). The number of carbonyl (C=O) groups is 1. The second kappa shape index (κ2) is 5.37. The van der Waals surface area contributed by atoms with Crippen molar-refractivity contribution in [3.63, 3.8) is 0 Å². The lowest BCUT2D eigenvalue weighted by molar-refractivity contribution is -0.118. The molecule has 0 fully saturated rings. The normalized spacial score (nSPS) is 18.6. The van der Waals surface area contributed by atoms with E-state index in [1.165, 1.54) is 22.3 Å². The molecular formula is C17H17NO2. The van der Waals surface area contributed by atoms with Gasteiger partial charge in [0.25, 0.3) is 0 Å². The van der Waals surface area contributed by atoms with Gasteiger partial charge in [-0.15, -0.1) is 0 Å². The molecule has 1 atom stereocenters. The van der Waals surface area contributed by atoms with E-state index in [1.807, 2.05) is 6.08 Å². The Balaban J connectivity index is 1.93. The van der Waals surface area contributed by atoms with Gasteiger partial charge in [-0.2, -0.15) is 0 Å². The van der Waals surface area contributed by atoms with Crippen LogP contribution in [0.5, 0.6) is 0 Å². The monoisotopic (exact) mass is 267 g/mol. The lowest BCUT2D eigenvalue weighted by atomic mass is 9.85. The molecule has 1 aromatic rings. The van der Waals surface area contributed by atoms with Crippen molar-refractivity contribution in [2.75, 3.05) is 6.54 Å². The topological polar surface area (TPSA) is 38.3 Å². The molecule has 102 valence electrons. The van der Waals surface area contributed by atoms with Gasteiger partial charge in [-0.3, -0.25) is 4.79 Å². The fourth-order valence-corrected chi connectivity index (χ4v) is 2.70. The zero-order valence-electron chi connectivity index (χ0n) is 11.4. The first-order chi connectivity index (χ1) is 9.75. The largest absolute Gasteiger partial charge is 0.489 e. The number of hydrogen-bond acceptors (Lipinski definition) is 2. The van der Waals surface area contributed by atoms with Crippen molar-refractivity contribution in [3.8, 4) is 0 Å². The van der Waals surface area contributed by atoms with Crippen molar-refractivity contribution in [3.05, 3.63) is 59.4 Å². The molecule has 0 saturated heterocycles. The summed E-state index contributed by atoms with van der Waals surface area (Å²) in [5, 5.41) is 2.85. The summed E-state index contributed by atoms with van der Waals surface area (Å²) < 4.78 is 5.63. The third kappa shape index (κ3) is 2.39. The highest BCUT2D eigenvalue weighted by molar-refractivity contribution is 5.85. The van der Waals surface area contributed by atoms with Crippen LogP contribution in [0.1, 0.15) is 23.6 Å². The SMILES string of the molecule is CC(=O)NCCc1cccc2c1C1=CC=COC1C=C2. The highest BCUT2D eigenvalue weighted by Crippen LogP contribution is 2.35. The predicted octanol–water partition coefficient (Wildman–Crippen LogP) is 2.69. The fourth-order valence-electron chi connectivity index (χ4n) is 2.70. The molecule has 1 aromatic carbocycles. The molecule has 0 aromatic heterocycles. The zero-order chi connectivity index (χ0) is 13.9. The average molecular weight is 267 g/mol. The Morgan fingerprint density at radius 3 is 3.15 bits per heavy atom. The molecule has 3 heteroatoms. The molecule has 1 aliphatic carbocycles. The van der Waals surface area contributed by atoms with Gasteiger partial charge in [0.15, 0.2) is 0 Å². The number of nitrogens with one attached hydrogen (secondary N) is 1. The Kier molecular flexibility index (Phi) is 3.42. The Labute approximate surface area is 118 Å². The van der Waals surface area contributed by atoms with Gasteiger partial charge >= 0.3 is 0 Å². The summed E-state index contributed by atoms with van der Waals surface area (Å²) in [6.45, 7) is 2.20. The molecule has 1 amide bonds. The van der Waals surface area contributed by atoms with Crippen LogP contribution in [0.2, 0.25) is 0 Å². The minimum atomic E-state index is 0.00872. The van der Waals surface area contributed by atoms with Crippen LogP contribution >= 0.6 is 0 Å². The number of amides is 1. The molecule has 3 rings (SSSR count). The van der Waals surface area contributed by atoms with Gasteiger partial charge < -0.3 is 10.1 Å². The summed E-state index contributed by atoms with van der Waals surface area (Å²) in [6, 6.07) is 6.30. The van der Waals surface area contributed by atoms with Gasteiger partial charge in [0.05, 0.1) is 6.26 Å². The van der Waals surface area contributed by atoms with Crippen molar-refractivity contribution in [1.29, 1.82) is 0 Å². The second-order valence-corrected chi connectivity index (χ2v) is 4.98. The molecule has 1 heterocycles. The van der Waals surface area contributed by atoms with Gasteiger partial charge in [0.2, 0.25) is 5.91 Å². The van der Waals surface area contributed by atoms with Crippen LogP contribution in [0, 0.1) is 0 Å². The number of ether oxygens (including phenoxy) is 1. The molecule has 2 aliphatic rings. The quantitative estimate of drug-likeness (QED) is 0.914. The second-order valence-electron chi connectivity index (χ2n) is 4.98. The van der Waals surface area contributed by atoms with E-state index in [0.717, 1.165) is 6.42 Å². The van der Waals surface area contributed by atoms with Gasteiger partial charge in [-0.25, -0.2) is 0 Å². The maximum absolute atomic E-state index is 11.0. The summed E-state index contributed by atoms with van der Waals surface area (Å²) in [5.74, 6) is 0.00993. The number of rotatable bonds is 3. The van der Waals surface area contributed by atoms with E-state index in [4.69, 9.17) is 4.74 Å². The average Bonchev–Trinajstić information content (AvgIpc) is 2.46. The predicted molar refractivity (Wildman–Crippen MR) is 79.9 cm³/mol. The summed E-state index contributed by atoms with van der Waals surface area (Å²) in [4.78, 5) is 11.0. The smallest absolute Gasteiger partial charge is 0.216 e. The molecular weight excluding hydrogens is 250 g/mol. The first-order valence-corrected chi connectivity index (χ1v) is 6.83. The van der Waals surface area contributed by atoms with E-state index in [-0.39, 0.29) is 12.0 Å². The number of hydrogen-bond donors (Lipinski definition) is 1. The van der Waals surface area contributed by atoms with Crippen LogP contribution in [0.15, 0.2) is 42.7 Å². The highest BCUT2D eigenvalue weighted by atomic mass is 16.5. The third-order valence-corrected chi connectivity index (χ3v) is 3.58. The van der Waals surface area contributed by atoms with Crippen molar-refractivity contribution in [1.82, 2.24) is 5.32 Å². The van der Waals surface area contributed by atoms with Crippen LogP contribution in [0.25, 0.3) is 11.6 Å². The maximum Gasteiger partial charge on any atom is 0.216 e. The molecule has 1 aliphatic heterocycles. The van der Waals surface area contributed by atoms with Crippen molar-refractivity contribution >= 4 is 17.6 Å². The number of fused-ring (bicyclic) bond motifs is 3. The summed E-state index contributed by atoms with van der Waals surface area (Å²) in [5.41, 5.74) is 4.90. The highest BCUT2D eigenvalue weighted by Gasteiger charge is 2.23. The number of benzene rings is 1. The maximum atomic E-state index is 11.0. The first kappa shape index (κ1) is 12.7. The van der Waals surface area contributed by atoms with Crippen LogP contribution < -0.4 is 5.32 Å². The van der Waals surface area contributed by atoms with Crippen molar-refractivity contribution < 1.29 is 9.53 Å². The summed E-state index contributed by atoms with van der Waals surface area (Å²) in [7, 11) is 0. The zero-order valence-corrected chi connectivity index (χ0v) is 11.4. The van der Waals surface area contributed by atoms with E-state index < -0.39 is 0 Å². The van der Waals surface area contributed by atoms with Crippen LogP contribution in [-0.2, 0) is 16.0 Å². The molecule has 1 N–H and O–H groups in total. The van der Waals surface area contributed by atoms with E-state index in [1.54, 1.807) is 13.2 Å². The van der Waals surface area contributed by atoms with E-state index in [9.17, 15) is 4.79 Å². The van der Waals surface area contributed by atoms with Crippen LogP contribution in [0.3, 0.4) is 0 Å². The third-order valence-electron chi connectivity index (χ3n) is 3.58. The van der Waals surface area contributed by atoms with E-state index in [0.29, 0.717) is 6.54 Å². The van der Waals surface area contributed by atoms with Crippen LogP contribution in [-0.4, -0.2) is 18.6 Å². The molecule has 0 bridgehead atoms. The summed E-state index contributed by atoms with van der Waals surface area (Å²) in [6.07, 6.45) is 10.8. The number of carbonyl (C=O) groups excluding carboxylic acids is 1. The van der Waals surface area contributed by atoms with Crippen molar-refractivity contribution in [2.45, 2.75) is 19.4 Å². The molecule has 0 radical (unpaired) electrons. The molecule has 0 saturated carbocycles. The first-order valence-electron chi connectivity index (χ1n) is 6.83. The Morgan fingerprint density at radius 1 is 1.40 bits per heavy atom. The minimum absolute atomic E-state index is 0.00872. The number of allylic oxidation sites excluding steroid dienone is 2. The molecule has 20 heavy (non-hydrogen) atoms. The fraction of sp³-hybridized carbons (Fsp3) is 0.235. The molecule has 3 nitrogen and oxygen atoms in total.